The van der Waals surface area contributed by atoms with Crippen LogP contribution in [0.1, 0.15) is 18.4 Å². The van der Waals surface area contributed by atoms with Crippen molar-refractivity contribution >= 4 is 17.6 Å². The van der Waals surface area contributed by atoms with E-state index in [0.717, 1.165) is 25.1 Å². The molecule has 0 aliphatic rings. The maximum absolute atomic E-state index is 10.9. The smallest absolute Gasteiger partial charge is 0.304 e. The highest BCUT2D eigenvalue weighted by molar-refractivity contribution is 6.30. The number of hydrogen-bond acceptors (Lipinski definition) is 3. The molecule has 1 rings (SSSR count). The third-order valence-corrected chi connectivity index (χ3v) is 3.28. The van der Waals surface area contributed by atoms with E-state index in [9.17, 15) is 4.79 Å². The van der Waals surface area contributed by atoms with E-state index in [-0.39, 0.29) is 12.5 Å². The van der Waals surface area contributed by atoms with Crippen LogP contribution < -0.4 is 5.32 Å². The van der Waals surface area contributed by atoms with Crippen LogP contribution in [0.4, 0.5) is 0 Å². The zero-order valence-corrected chi connectivity index (χ0v) is 12.9. The van der Waals surface area contributed by atoms with E-state index in [1.54, 1.807) is 0 Å². The van der Waals surface area contributed by atoms with Crippen molar-refractivity contribution in [3.8, 4) is 0 Å². The monoisotopic (exact) mass is 298 g/mol. The van der Waals surface area contributed by atoms with Gasteiger partial charge in [-0.15, -0.1) is 0 Å². The Kier molecular flexibility index (Phi) is 7.59. The predicted octanol–water partition coefficient (Wildman–Crippen LogP) is 2.27. The quantitative estimate of drug-likeness (QED) is 0.687. The number of carboxylic acid groups (broad SMARTS) is 1. The molecule has 1 atom stereocenters. The van der Waals surface area contributed by atoms with Crippen LogP contribution in [-0.4, -0.2) is 49.2 Å². The molecule has 4 nitrogen and oxygen atoms in total. The molecule has 5 heteroatoms. The van der Waals surface area contributed by atoms with Crippen LogP contribution in [0.3, 0.4) is 0 Å². The van der Waals surface area contributed by atoms with E-state index in [0.29, 0.717) is 11.4 Å². The molecule has 0 aliphatic carbocycles. The predicted molar refractivity (Wildman–Crippen MR) is 82.4 cm³/mol. The Morgan fingerprint density at radius 1 is 1.35 bits per heavy atom. The number of aliphatic carboxylic acids is 1. The molecular formula is C15H23ClN2O2. The molecule has 0 radical (unpaired) electrons. The molecular weight excluding hydrogens is 276 g/mol. The molecule has 20 heavy (non-hydrogen) atoms. The van der Waals surface area contributed by atoms with E-state index in [4.69, 9.17) is 16.7 Å². The number of benzene rings is 1. The van der Waals surface area contributed by atoms with Gasteiger partial charge in [0.2, 0.25) is 0 Å². The summed E-state index contributed by atoms with van der Waals surface area (Å²) in [5.41, 5.74) is 1.10. The highest BCUT2D eigenvalue weighted by atomic mass is 35.5. The fourth-order valence-corrected chi connectivity index (χ4v) is 2.16. The zero-order valence-electron chi connectivity index (χ0n) is 12.1. The van der Waals surface area contributed by atoms with Crippen LogP contribution in [-0.2, 0) is 11.2 Å². The molecule has 1 unspecified atom stereocenters. The highest BCUT2D eigenvalue weighted by Crippen LogP contribution is 2.12. The van der Waals surface area contributed by atoms with Gasteiger partial charge >= 0.3 is 5.97 Å². The number of halogens is 1. The summed E-state index contributed by atoms with van der Waals surface area (Å²) >= 11 is 5.85. The second-order valence-corrected chi connectivity index (χ2v) is 5.67. The lowest BCUT2D eigenvalue weighted by atomic mass is 10.0. The van der Waals surface area contributed by atoms with Crippen LogP contribution in [0.5, 0.6) is 0 Å². The third kappa shape index (κ3) is 7.48. The summed E-state index contributed by atoms with van der Waals surface area (Å²) in [6.45, 7) is 1.82. The SMILES string of the molecule is CN(C)CCCNC(CC(=O)O)Cc1ccc(Cl)cc1. The van der Waals surface area contributed by atoms with E-state index >= 15 is 0 Å². The first-order valence-corrected chi connectivity index (χ1v) is 7.19. The van der Waals surface area contributed by atoms with E-state index < -0.39 is 5.97 Å². The molecule has 0 fully saturated rings. The van der Waals surface area contributed by atoms with Gasteiger partial charge < -0.3 is 15.3 Å². The van der Waals surface area contributed by atoms with Gasteiger partial charge in [-0.25, -0.2) is 0 Å². The second kappa shape index (κ2) is 8.95. The second-order valence-electron chi connectivity index (χ2n) is 5.24. The van der Waals surface area contributed by atoms with Gasteiger partial charge in [0.15, 0.2) is 0 Å². The molecule has 0 saturated carbocycles. The third-order valence-electron chi connectivity index (χ3n) is 3.03. The fourth-order valence-electron chi connectivity index (χ4n) is 2.03. The summed E-state index contributed by atoms with van der Waals surface area (Å²) in [7, 11) is 4.06. The van der Waals surface area contributed by atoms with Crippen molar-refractivity contribution in [2.24, 2.45) is 0 Å². The van der Waals surface area contributed by atoms with Gasteiger partial charge in [0.05, 0.1) is 6.42 Å². The van der Waals surface area contributed by atoms with Gasteiger partial charge in [0, 0.05) is 11.1 Å². The lowest BCUT2D eigenvalue weighted by Crippen LogP contribution is -2.35. The number of carbonyl (C=O) groups is 1. The number of nitrogens with zero attached hydrogens (tertiary/aromatic N) is 1. The Labute approximate surface area is 125 Å². The number of hydrogen-bond donors (Lipinski definition) is 2. The molecule has 0 amide bonds. The van der Waals surface area contributed by atoms with Crippen LogP contribution in [0.15, 0.2) is 24.3 Å². The summed E-state index contributed by atoms with van der Waals surface area (Å²) in [6, 6.07) is 7.51. The average Bonchev–Trinajstić information content (AvgIpc) is 2.36. The number of rotatable bonds is 9. The minimum absolute atomic E-state index is 0.0455. The number of carboxylic acids is 1. The van der Waals surface area contributed by atoms with Crippen LogP contribution in [0.2, 0.25) is 5.02 Å². The first-order valence-electron chi connectivity index (χ1n) is 6.81. The molecule has 1 aromatic rings. The van der Waals surface area contributed by atoms with E-state index in [1.165, 1.54) is 0 Å². The molecule has 0 aromatic heterocycles. The van der Waals surface area contributed by atoms with Crippen molar-refractivity contribution in [3.05, 3.63) is 34.9 Å². The molecule has 112 valence electrons. The molecule has 0 spiro atoms. The lowest BCUT2D eigenvalue weighted by Gasteiger charge is -2.18. The Balaban J connectivity index is 2.46. The maximum Gasteiger partial charge on any atom is 0.304 e. The van der Waals surface area contributed by atoms with Gasteiger partial charge in [-0.2, -0.15) is 0 Å². The Hall–Kier alpha value is -1.10. The summed E-state index contributed by atoms with van der Waals surface area (Å²) in [6.07, 6.45) is 1.83. The van der Waals surface area contributed by atoms with Crippen LogP contribution in [0.25, 0.3) is 0 Å². The fraction of sp³-hybridized carbons (Fsp3) is 0.533. The maximum atomic E-state index is 10.9. The normalized spacial score (nSPS) is 12.6. The zero-order chi connectivity index (χ0) is 15.0. The standard InChI is InChI=1S/C15H23ClN2O2/c1-18(2)9-3-8-17-14(11-15(19)20)10-12-4-6-13(16)7-5-12/h4-7,14,17H,3,8-11H2,1-2H3,(H,19,20). The summed E-state index contributed by atoms with van der Waals surface area (Å²) in [5.74, 6) is -0.774. The van der Waals surface area contributed by atoms with Crippen molar-refractivity contribution < 1.29 is 9.90 Å². The van der Waals surface area contributed by atoms with Crippen molar-refractivity contribution in [3.63, 3.8) is 0 Å². The summed E-state index contributed by atoms with van der Waals surface area (Å²) < 4.78 is 0. The van der Waals surface area contributed by atoms with Crippen molar-refractivity contribution in [1.82, 2.24) is 10.2 Å². The molecule has 1 aromatic carbocycles. The van der Waals surface area contributed by atoms with Gasteiger partial charge in [0.1, 0.15) is 0 Å². The molecule has 0 heterocycles. The lowest BCUT2D eigenvalue weighted by molar-refractivity contribution is -0.137. The van der Waals surface area contributed by atoms with Gasteiger partial charge in [-0.3, -0.25) is 4.79 Å². The first kappa shape index (κ1) is 17.0. The van der Waals surface area contributed by atoms with Crippen molar-refractivity contribution in [2.75, 3.05) is 27.2 Å². The Morgan fingerprint density at radius 3 is 2.55 bits per heavy atom. The van der Waals surface area contributed by atoms with Crippen molar-refractivity contribution in [2.45, 2.75) is 25.3 Å². The summed E-state index contributed by atoms with van der Waals surface area (Å²) in [5, 5.41) is 13.0. The molecule has 0 aliphatic heterocycles. The van der Waals surface area contributed by atoms with Crippen LogP contribution in [0, 0.1) is 0 Å². The van der Waals surface area contributed by atoms with E-state index in [1.807, 2.05) is 38.4 Å². The van der Waals surface area contributed by atoms with Crippen LogP contribution >= 0.6 is 11.6 Å². The largest absolute Gasteiger partial charge is 0.481 e. The topological polar surface area (TPSA) is 52.6 Å². The first-order chi connectivity index (χ1) is 9.47. The molecule has 2 N–H and O–H groups in total. The highest BCUT2D eigenvalue weighted by Gasteiger charge is 2.13. The Bertz CT molecular complexity index is 407. The number of nitrogens with one attached hydrogen (secondary N) is 1. The van der Waals surface area contributed by atoms with E-state index in [2.05, 4.69) is 10.2 Å². The van der Waals surface area contributed by atoms with Gasteiger partial charge in [-0.05, 0) is 57.7 Å². The minimum atomic E-state index is -0.774. The molecule has 0 saturated heterocycles. The minimum Gasteiger partial charge on any atom is -0.481 e. The Morgan fingerprint density at radius 2 is 2.00 bits per heavy atom. The summed E-state index contributed by atoms with van der Waals surface area (Å²) in [4.78, 5) is 13.0. The van der Waals surface area contributed by atoms with Gasteiger partial charge in [-0.1, -0.05) is 23.7 Å². The molecule has 0 bridgehead atoms. The van der Waals surface area contributed by atoms with Crippen molar-refractivity contribution in [1.29, 1.82) is 0 Å². The van der Waals surface area contributed by atoms with Gasteiger partial charge in [0.25, 0.3) is 0 Å². The average molecular weight is 299 g/mol.